The van der Waals surface area contributed by atoms with Crippen molar-refractivity contribution in [3.63, 3.8) is 0 Å². The van der Waals surface area contributed by atoms with Crippen LogP contribution in [0.5, 0.6) is 5.75 Å². The van der Waals surface area contributed by atoms with E-state index in [1.165, 1.54) is 23.4 Å². The van der Waals surface area contributed by atoms with Crippen LogP contribution in [0.2, 0.25) is 10.0 Å². The number of rotatable bonds is 9. The van der Waals surface area contributed by atoms with E-state index in [9.17, 15) is 0 Å². The lowest BCUT2D eigenvalue weighted by molar-refractivity contribution is -0.190. The van der Waals surface area contributed by atoms with Gasteiger partial charge in [-0.2, -0.15) is 5.10 Å². The number of hydrogen-bond acceptors (Lipinski definition) is 7. The first kappa shape index (κ1) is 28.7. The van der Waals surface area contributed by atoms with E-state index < -0.39 is 5.79 Å². The van der Waals surface area contributed by atoms with Gasteiger partial charge in [0.15, 0.2) is 0 Å². The Balaban J connectivity index is 0.936. The highest BCUT2D eigenvalue weighted by molar-refractivity contribution is 6.35. The molecule has 2 aromatic heterocycles. The maximum atomic E-state index is 6.57. The highest BCUT2D eigenvalue weighted by Gasteiger charge is 2.45. The molecule has 0 bridgehead atoms. The van der Waals surface area contributed by atoms with Crippen molar-refractivity contribution in [2.75, 3.05) is 49.2 Å². The second kappa shape index (κ2) is 12.5. The minimum absolute atomic E-state index is 0.284. The second-order valence-corrected chi connectivity index (χ2v) is 11.8. The van der Waals surface area contributed by atoms with Crippen LogP contribution in [0.25, 0.3) is 5.69 Å². The van der Waals surface area contributed by atoms with Gasteiger partial charge in [-0.3, -0.25) is 0 Å². The SMILES string of the molecule is Clc1ccc(C2(Cn3cncn3)OCC(COc3ccc(N4CCN(c5ccc(-n6cccc6)cc5)CC4)cc3)O2)c(Cl)c1. The molecule has 2 atom stereocenters. The molecule has 0 saturated carbocycles. The van der Waals surface area contributed by atoms with Crippen molar-refractivity contribution >= 4 is 34.6 Å². The van der Waals surface area contributed by atoms with Crippen LogP contribution in [0.3, 0.4) is 0 Å². The Labute approximate surface area is 266 Å². The largest absolute Gasteiger partial charge is 0.491 e. The molecule has 2 saturated heterocycles. The zero-order valence-corrected chi connectivity index (χ0v) is 25.5. The van der Waals surface area contributed by atoms with E-state index >= 15 is 0 Å². The van der Waals surface area contributed by atoms with Gasteiger partial charge < -0.3 is 28.6 Å². The standard InChI is InChI=1S/C33H32Cl2N6O3/c34-25-3-12-31(32(35)19-25)33(22-41-24-36-23-37-41)43-21-30(44-33)20-42-29-10-8-28(9-11-29)40-17-15-39(16-18-40)27-6-4-26(5-7-27)38-13-1-2-14-38/h1-14,19,23-24,30H,15-18,20-22H2. The molecule has 2 fully saturated rings. The van der Waals surface area contributed by atoms with Gasteiger partial charge in [-0.15, -0.1) is 0 Å². The van der Waals surface area contributed by atoms with Crippen molar-refractivity contribution in [1.82, 2.24) is 19.3 Å². The lowest BCUT2D eigenvalue weighted by Gasteiger charge is -2.37. The van der Waals surface area contributed by atoms with Gasteiger partial charge in [0.05, 0.1) is 11.6 Å². The molecule has 0 spiro atoms. The maximum absolute atomic E-state index is 6.57. The third kappa shape index (κ3) is 6.14. The minimum atomic E-state index is -1.14. The van der Waals surface area contributed by atoms with Gasteiger partial charge >= 0.3 is 0 Å². The van der Waals surface area contributed by atoms with Crippen molar-refractivity contribution in [2.24, 2.45) is 0 Å². The first-order valence-electron chi connectivity index (χ1n) is 14.6. The number of piperazine rings is 1. The molecule has 44 heavy (non-hydrogen) atoms. The summed E-state index contributed by atoms with van der Waals surface area (Å²) in [7, 11) is 0. The summed E-state index contributed by atoms with van der Waals surface area (Å²) in [6, 6.07) is 26.4. The van der Waals surface area contributed by atoms with E-state index in [1.807, 2.05) is 30.3 Å². The Bertz CT molecular complexity index is 1660. The molecule has 7 rings (SSSR count). The summed E-state index contributed by atoms with van der Waals surface area (Å²) in [6.07, 6.45) is 6.91. The molecule has 0 N–H and O–H groups in total. The number of hydrogen-bond donors (Lipinski definition) is 0. The first-order valence-corrected chi connectivity index (χ1v) is 15.4. The summed E-state index contributed by atoms with van der Waals surface area (Å²) in [4.78, 5) is 8.90. The molecule has 3 aromatic carbocycles. The van der Waals surface area contributed by atoms with Crippen molar-refractivity contribution in [3.05, 3.63) is 120 Å². The lowest BCUT2D eigenvalue weighted by Crippen LogP contribution is -2.46. The van der Waals surface area contributed by atoms with Crippen molar-refractivity contribution < 1.29 is 14.2 Å². The van der Waals surface area contributed by atoms with Gasteiger partial charge in [0.2, 0.25) is 5.79 Å². The van der Waals surface area contributed by atoms with E-state index in [0.29, 0.717) is 28.8 Å². The second-order valence-electron chi connectivity index (χ2n) is 10.9. The van der Waals surface area contributed by atoms with Crippen LogP contribution in [0.4, 0.5) is 11.4 Å². The van der Waals surface area contributed by atoms with E-state index in [4.69, 9.17) is 37.4 Å². The number of halogens is 2. The van der Waals surface area contributed by atoms with Crippen LogP contribution < -0.4 is 14.5 Å². The minimum Gasteiger partial charge on any atom is -0.491 e. The van der Waals surface area contributed by atoms with Crippen LogP contribution in [-0.4, -0.2) is 64.8 Å². The summed E-state index contributed by atoms with van der Waals surface area (Å²) >= 11 is 12.7. The quantitative estimate of drug-likeness (QED) is 0.196. The smallest absolute Gasteiger partial charge is 0.217 e. The topological polar surface area (TPSA) is 69.8 Å². The van der Waals surface area contributed by atoms with Crippen molar-refractivity contribution in [2.45, 2.75) is 18.4 Å². The van der Waals surface area contributed by atoms with Crippen molar-refractivity contribution in [3.8, 4) is 11.4 Å². The average Bonchev–Trinajstić information content (AvgIpc) is 3.85. The summed E-state index contributed by atoms with van der Waals surface area (Å²) in [6.45, 7) is 4.78. The third-order valence-corrected chi connectivity index (χ3v) is 8.62. The van der Waals surface area contributed by atoms with E-state index in [0.717, 1.165) is 31.9 Å². The molecule has 11 heteroatoms. The lowest BCUT2D eigenvalue weighted by atomic mass is 10.1. The third-order valence-electron chi connectivity index (χ3n) is 8.07. The molecule has 2 aliphatic rings. The molecule has 2 aliphatic heterocycles. The van der Waals surface area contributed by atoms with E-state index in [1.54, 1.807) is 23.1 Å². The molecule has 9 nitrogen and oxygen atoms in total. The van der Waals surface area contributed by atoms with Crippen LogP contribution in [-0.2, 0) is 21.8 Å². The molecule has 5 aromatic rings. The molecule has 4 heterocycles. The van der Waals surface area contributed by atoms with Gasteiger partial charge in [0, 0.05) is 66.2 Å². The number of nitrogens with zero attached hydrogens (tertiary/aromatic N) is 6. The van der Waals surface area contributed by atoms with Gasteiger partial charge in [0.1, 0.15) is 37.7 Å². The molecular weight excluding hydrogens is 599 g/mol. The van der Waals surface area contributed by atoms with Crippen LogP contribution in [0.15, 0.2) is 104 Å². The fourth-order valence-corrected chi connectivity index (χ4v) is 6.34. The van der Waals surface area contributed by atoms with Gasteiger partial charge in [-0.05, 0) is 72.8 Å². The Hall–Kier alpha value is -4.02. The Kier molecular flexibility index (Phi) is 8.18. The highest BCUT2D eigenvalue weighted by Crippen LogP contribution is 2.40. The number of anilines is 2. The van der Waals surface area contributed by atoms with Crippen molar-refractivity contribution in [1.29, 1.82) is 0 Å². The fourth-order valence-electron chi connectivity index (χ4n) is 5.79. The summed E-state index contributed by atoms with van der Waals surface area (Å²) in [5.41, 5.74) is 4.29. The normalized spacial score (nSPS) is 20.3. The number of aromatic nitrogens is 4. The Morgan fingerprint density at radius 1 is 0.841 bits per heavy atom. The predicted octanol–water partition coefficient (Wildman–Crippen LogP) is 6.05. The molecule has 0 aliphatic carbocycles. The average molecular weight is 632 g/mol. The summed E-state index contributed by atoms with van der Waals surface area (Å²) in [5, 5.41) is 5.23. The van der Waals surface area contributed by atoms with Gasteiger partial charge in [0.25, 0.3) is 0 Å². The molecular formula is C33H32Cl2N6O3. The van der Waals surface area contributed by atoms with Crippen LogP contribution >= 0.6 is 23.2 Å². The Morgan fingerprint density at radius 2 is 1.50 bits per heavy atom. The monoisotopic (exact) mass is 630 g/mol. The van der Waals surface area contributed by atoms with Gasteiger partial charge in [-0.1, -0.05) is 29.3 Å². The number of benzene rings is 3. The van der Waals surface area contributed by atoms with E-state index in [-0.39, 0.29) is 12.6 Å². The molecule has 0 radical (unpaired) electrons. The van der Waals surface area contributed by atoms with Crippen LogP contribution in [0, 0.1) is 0 Å². The number of ether oxygens (including phenoxy) is 3. The zero-order chi connectivity index (χ0) is 29.9. The highest BCUT2D eigenvalue weighted by atomic mass is 35.5. The Morgan fingerprint density at radius 3 is 2.14 bits per heavy atom. The van der Waals surface area contributed by atoms with Crippen LogP contribution in [0.1, 0.15) is 5.56 Å². The molecule has 226 valence electrons. The fraction of sp³-hybridized carbons (Fsp3) is 0.273. The molecule has 0 amide bonds. The first-order chi connectivity index (χ1) is 21.5. The maximum Gasteiger partial charge on any atom is 0.217 e. The summed E-state index contributed by atoms with van der Waals surface area (Å²) < 4.78 is 22.6. The predicted molar refractivity (Wildman–Crippen MR) is 171 cm³/mol. The zero-order valence-electron chi connectivity index (χ0n) is 24.0. The molecule has 2 unspecified atom stereocenters. The van der Waals surface area contributed by atoms with Gasteiger partial charge in [-0.25, -0.2) is 9.67 Å². The van der Waals surface area contributed by atoms with E-state index in [2.05, 4.69) is 73.2 Å². The summed E-state index contributed by atoms with van der Waals surface area (Å²) in [5.74, 6) is -0.364.